The fraction of sp³-hybridized carbons (Fsp3) is 0.208. The van der Waals surface area contributed by atoms with Crippen molar-refractivity contribution in [1.29, 1.82) is 0 Å². The third-order valence-corrected chi connectivity index (χ3v) is 5.15. The molecule has 0 aliphatic carbocycles. The highest BCUT2D eigenvalue weighted by atomic mass is 19.1. The molecule has 166 valence electrons. The number of carboxylic acids is 2. The molecule has 0 radical (unpaired) electrons. The minimum absolute atomic E-state index is 0.0182. The van der Waals surface area contributed by atoms with Crippen LogP contribution in [0.4, 0.5) is 4.39 Å². The monoisotopic (exact) mass is 438 g/mol. The number of hydrogen-bond acceptors (Lipinski definition) is 4. The zero-order valence-corrected chi connectivity index (χ0v) is 17.3. The molecule has 0 unspecified atom stereocenters. The van der Waals surface area contributed by atoms with Crippen LogP contribution in [-0.4, -0.2) is 64.0 Å². The second-order valence-electron chi connectivity index (χ2n) is 7.37. The van der Waals surface area contributed by atoms with Gasteiger partial charge in [-0.3, -0.25) is 9.69 Å². The molecule has 32 heavy (non-hydrogen) atoms. The quantitative estimate of drug-likeness (QED) is 0.610. The molecule has 0 saturated carbocycles. The third-order valence-electron chi connectivity index (χ3n) is 5.15. The lowest BCUT2D eigenvalue weighted by Crippen LogP contribution is -2.48. The van der Waals surface area contributed by atoms with Crippen LogP contribution in [0.5, 0.6) is 0 Å². The van der Waals surface area contributed by atoms with E-state index in [1.54, 1.807) is 12.1 Å². The van der Waals surface area contributed by atoms with Gasteiger partial charge in [-0.1, -0.05) is 36.4 Å². The molecular weight excluding hydrogens is 415 g/mol. The predicted molar refractivity (Wildman–Crippen MR) is 117 cm³/mol. The summed E-state index contributed by atoms with van der Waals surface area (Å²) in [6.07, 6.45) is 0. The van der Waals surface area contributed by atoms with E-state index in [9.17, 15) is 9.18 Å². The lowest BCUT2D eigenvalue weighted by molar-refractivity contribution is -0.159. The second-order valence-corrected chi connectivity index (χ2v) is 7.37. The maximum Gasteiger partial charge on any atom is 0.414 e. The second kappa shape index (κ2) is 10.5. The summed E-state index contributed by atoms with van der Waals surface area (Å²) in [7, 11) is 0. The lowest BCUT2D eigenvalue weighted by Gasteiger charge is -2.34. The van der Waals surface area contributed by atoms with Crippen molar-refractivity contribution in [1.82, 2.24) is 9.80 Å². The number of carboxylic acid groups (broad SMARTS) is 2. The van der Waals surface area contributed by atoms with Crippen LogP contribution >= 0.6 is 0 Å². The molecule has 0 atom stereocenters. The van der Waals surface area contributed by atoms with Crippen molar-refractivity contribution >= 4 is 28.6 Å². The van der Waals surface area contributed by atoms with E-state index in [0.717, 1.165) is 19.6 Å². The SMILES string of the molecule is O=C(O)C(=O)O.O=C(c1ccc(F)cc1)N1CCN(Cc2ccc3ccccc3c2)CC1. The van der Waals surface area contributed by atoms with Gasteiger partial charge >= 0.3 is 11.9 Å². The number of amides is 1. The molecule has 7 nitrogen and oxygen atoms in total. The van der Waals surface area contributed by atoms with E-state index in [-0.39, 0.29) is 11.7 Å². The Balaban J connectivity index is 0.000000427. The molecule has 3 aromatic carbocycles. The number of fused-ring (bicyclic) bond motifs is 1. The average molecular weight is 438 g/mol. The molecule has 0 spiro atoms. The van der Waals surface area contributed by atoms with Crippen molar-refractivity contribution in [3.05, 3.63) is 83.7 Å². The van der Waals surface area contributed by atoms with E-state index in [0.29, 0.717) is 18.7 Å². The van der Waals surface area contributed by atoms with E-state index >= 15 is 0 Å². The van der Waals surface area contributed by atoms with Gasteiger partial charge in [0.05, 0.1) is 0 Å². The molecule has 8 heteroatoms. The molecule has 1 aliphatic heterocycles. The first-order valence-electron chi connectivity index (χ1n) is 10.0. The van der Waals surface area contributed by atoms with Gasteiger partial charge in [-0.05, 0) is 46.7 Å². The number of carbonyl (C=O) groups excluding carboxylic acids is 1. The van der Waals surface area contributed by atoms with Gasteiger partial charge in [0, 0.05) is 38.3 Å². The topological polar surface area (TPSA) is 98.1 Å². The lowest BCUT2D eigenvalue weighted by atomic mass is 10.1. The van der Waals surface area contributed by atoms with Crippen LogP contribution < -0.4 is 0 Å². The highest BCUT2D eigenvalue weighted by Crippen LogP contribution is 2.18. The molecule has 2 N–H and O–H groups in total. The van der Waals surface area contributed by atoms with E-state index in [1.807, 2.05) is 4.90 Å². The first kappa shape index (κ1) is 22.9. The fourth-order valence-electron chi connectivity index (χ4n) is 3.48. The summed E-state index contributed by atoms with van der Waals surface area (Å²) in [5, 5.41) is 17.3. The molecule has 0 bridgehead atoms. The summed E-state index contributed by atoms with van der Waals surface area (Å²) in [5.74, 6) is -3.98. The maximum atomic E-state index is 13.0. The van der Waals surface area contributed by atoms with Gasteiger partial charge in [0.2, 0.25) is 0 Å². The number of hydrogen-bond donors (Lipinski definition) is 2. The van der Waals surface area contributed by atoms with Gasteiger partial charge in [-0.25, -0.2) is 14.0 Å². The first-order chi connectivity index (χ1) is 15.3. The van der Waals surface area contributed by atoms with Crippen molar-refractivity contribution in [2.24, 2.45) is 0 Å². The van der Waals surface area contributed by atoms with Gasteiger partial charge < -0.3 is 15.1 Å². The maximum absolute atomic E-state index is 13.0. The van der Waals surface area contributed by atoms with E-state index in [2.05, 4.69) is 47.4 Å². The summed E-state index contributed by atoms with van der Waals surface area (Å²) in [5.41, 5.74) is 1.84. The molecular formula is C24H23FN2O5. The minimum Gasteiger partial charge on any atom is -0.473 e. The van der Waals surface area contributed by atoms with E-state index in [4.69, 9.17) is 19.8 Å². The summed E-state index contributed by atoms with van der Waals surface area (Å²) in [4.78, 5) is 34.9. The average Bonchev–Trinajstić information content (AvgIpc) is 2.80. The number of rotatable bonds is 3. The molecule has 1 saturated heterocycles. The van der Waals surface area contributed by atoms with Crippen molar-refractivity contribution in [2.75, 3.05) is 26.2 Å². The van der Waals surface area contributed by atoms with Gasteiger partial charge in [0.1, 0.15) is 5.82 Å². The first-order valence-corrected chi connectivity index (χ1v) is 10.0. The van der Waals surface area contributed by atoms with E-state index < -0.39 is 11.9 Å². The number of carbonyl (C=O) groups is 3. The number of aliphatic carboxylic acids is 2. The number of halogens is 1. The Labute approximate surface area is 184 Å². The number of benzene rings is 3. The molecule has 0 aromatic heterocycles. The molecule has 3 aromatic rings. The fourth-order valence-corrected chi connectivity index (χ4v) is 3.48. The molecule has 1 aliphatic rings. The van der Waals surface area contributed by atoms with Crippen molar-refractivity contribution in [2.45, 2.75) is 6.54 Å². The number of nitrogens with zero attached hydrogens (tertiary/aromatic N) is 2. The Morgan fingerprint density at radius 2 is 1.38 bits per heavy atom. The largest absolute Gasteiger partial charge is 0.473 e. The van der Waals surface area contributed by atoms with Crippen LogP contribution in [0.1, 0.15) is 15.9 Å². The Hall–Kier alpha value is -3.78. The van der Waals surface area contributed by atoms with Gasteiger partial charge in [0.25, 0.3) is 5.91 Å². The smallest absolute Gasteiger partial charge is 0.414 e. The van der Waals surface area contributed by atoms with Crippen LogP contribution in [0, 0.1) is 5.82 Å². The van der Waals surface area contributed by atoms with Crippen LogP contribution in [0.3, 0.4) is 0 Å². The summed E-state index contributed by atoms with van der Waals surface area (Å²) in [6.45, 7) is 3.98. The van der Waals surface area contributed by atoms with Crippen LogP contribution in [-0.2, 0) is 16.1 Å². The molecule has 1 fully saturated rings. The van der Waals surface area contributed by atoms with Gasteiger partial charge in [0.15, 0.2) is 0 Å². The predicted octanol–water partition coefficient (Wildman–Crippen LogP) is 3.09. The Morgan fingerprint density at radius 3 is 1.97 bits per heavy atom. The molecule has 1 heterocycles. The molecule has 1 amide bonds. The molecule has 4 rings (SSSR count). The highest BCUT2D eigenvalue weighted by Gasteiger charge is 2.22. The summed E-state index contributed by atoms with van der Waals surface area (Å²) in [6, 6.07) is 20.7. The Bertz CT molecular complexity index is 1100. The minimum atomic E-state index is -1.82. The van der Waals surface area contributed by atoms with E-state index in [1.165, 1.54) is 28.5 Å². The summed E-state index contributed by atoms with van der Waals surface area (Å²) >= 11 is 0. The van der Waals surface area contributed by atoms with Crippen LogP contribution in [0.25, 0.3) is 10.8 Å². The highest BCUT2D eigenvalue weighted by molar-refractivity contribution is 6.27. The Morgan fingerprint density at radius 1 is 0.781 bits per heavy atom. The van der Waals surface area contributed by atoms with Crippen molar-refractivity contribution < 1.29 is 29.0 Å². The zero-order chi connectivity index (χ0) is 23.1. The summed E-state index contributed by atoms with van der Waals surface area (Å²) < 4.78 is 13.0. The third kappa shape index (κ3) is 6.12. The van der Waals surface area contributed by atoms with Crippen LogP contribution in [0.2, 0.25) is 0 Å². The zero-order valence-electron chi connectivity index (χ0n) is 17.3. The Kier molecular flexibility index (Phi) is 7.51. The van der Waals surface area contributed by atoms with Gasteiger partial charge in [-0.2, -0.15) is 0 Å². The van der Waals surface area contributed by atoms with Crippen LogP contribution in [0.15, 0.2) is 66.7 Å². The van der Waals surface area contributed by atoms with Crippen molar-refractivity contribution in [3.8, 4) is 0 Å². The van der Waals surface area contributed by atoms with Gasteiger partial charge in [-0.15, -0.1) is 0 Å². The number of piperazine rings is 1. The standard InChI is InChI=1S/C22H21FN2O.C2H2O4/c23-21-9-7-19(8-10-21)22(26)25-13-11-24(12-14-25)16-17-5-6-18-3-1-2-4-20(18)15-17;3-1(4)2(5)6/h1-10,15H,11-14,16H2;(H,3,4)(H,5,6). The normalized spacial score (nSPS) is 13.8. The van der Waals surface area contributed by atoms with Crippen molar-refractivity contribution in [3.63, 3.8) is 0 Å².